The molecule has 0 radical (unpaired) electrons. The maximum Gasteiger partial charge on any atom is 0.123 e. The molecule has 1 heterocycles. The van der Waals surface area contributed by atoms with Gasteiger partial charge in [0.25, 0.3) is 0 Å². The fourth-order valence-electron chi connectivity index (χ4n) is 1.64. The average molecular weight is 230 g/mol. The smallest absolute Gasteiger partial charge is 0.123 e. The molecule has 0 atom stereocenters. The van der Waals surface area contributed by atoms with E-state index in [1.165, 1.54) is 12.1 Å². The van der Waals surface area contributed by atoms with Crippen LogP contribution in [0.4, 0.5) is 4.39 Å². The molecule has 0 aliphatic carbocycles. The molecule has 3 heteroatoms. The van der Waals surface area contributed by atoms with Crippen LogP contribution in [0.2, 0.25) is 0 Å². The molecule has 0 saturated carbocycles. The molecule has 2 nitrogen and oxygen atoms in total. The molecule has 17 heavy (non-hydrogen) atoms. The number of benzene rings is 1. The quantitative estimate of drug-likeness (QED) is 0.873. The lowest BCUT2D eigenvalue weighted by Crippen LogP contribution is -2.13. The van der Waals surface area contributed by atoms with Crippen LogP contribution < -0.4 is 5.32 Å². The Labute approximate surface area is 101 Å². The molecule has 0 bridgehead atoms. The first kappa shape index (κ1) is 11.7. The molecule has 0 aliphatic rings. The highest BCUT2D eigenvalue weighted by atomic mass is 19.1. The van der Waals surface area contributed by atoms with Crippen molar-refractivity contribution in [1.29, 1.82) is 0 Å². The molecule has 0 amide bonds. The summed E-state index contributed by atoms with van der Waals surface area (Å²) in [6.07, 6.45) is 0. The van der Waals surface area contributed by atoms with E-state index >= 15 is 0 Å². The van der Waals surface area contributed by atoms with Gasteiger partial charge in [0.2, 0.25) is 0 Å². The van der Waals surface area contributed by atoms with Crippen LogP contribution in [0.15, 0.2) is 42.5 Å². The molecule has 0 spiro atoms. The number of halogens is 1. The molecule has 2 rings (SSSR count). The van der Waals surface area contributed by atoms with Gasteiger partial charge >= 0.3 is 0 Å². The highest BCUT2D eigenvalue weighted by molar-refractivity contribution is 5.16. The molecular weight excluding hydrogens is 215 g/mol. The molecule has 0 unspecified atom stereocenters. The summed E-state index contributed by atoms with van der Waals surface area (Å²) >= 11 is 0. The molecule has 1 aromatic heterocycles. The van der Waals surface area contributed by atoms with Crippen molar-refractivity contribution in [1.82, 2.24) is 10.3 Å². The van der Waals surface area contributed by atoms with Gasteiger partial charge in [0.1, 0.15) is 5.82 Å². The van der Waals surface area contributed by atoms with Crippen LogP contribution in [-0.2, 0) is 13.1 Å². The summed E-state index contributed by atoms with van der Waals surface area (Å²) in [4.78, 5) is 4.40. The molecule has 2 aromatic rings. The highest BCUT2D eigenvalue weighted by Crippen LogP contribution is 2.03. The molecule has 1 N–H and O–H groups in total. The van der Waals surface area contributed by atoms with E-state index in [1.54, 1.807) is 12.1 Å². The summed E-state index contributed by atoms with van der Waals surface area (Å²) in [7, 11) is 0. The van der Waals surface area contributed by atoms with Gasteiger partial charge in [0.15, 0.2) is 0 Å². The predicted molar refractivity (Wildman–Crippen MR) is 65.9 cm³/mol. The van der Waals surface area contributed by atoms with Crippen molar-refractivity contribution in [2.45, 2.75) is 20.0 Å². The molecule has 1 aromatic carbocycles. The van der Waals surface area contributed by atoms with E-state index < -0.39 is 0 Å². The first-order valence-electron chi connectivity index (χ1n) is 5.62. The van der Waals surface area contributed by atoms with Crippen LogP contribution in [0, 0.1) is 12.7 Å². The number of pyridine rings is 1. The number of aromatic nitrogens is 1. The van der Waals surface area contributed by atoms with Crippen LogP contribution in [0.25, 0.3) is 0 Å². The minimum Gasteiger partial charge on any atom is -0.307 e. The maximum atomic E-state index is 12.7. The summed E-state index contributed by atoms with van der Waals surface area (Å²) in [6, 6.07) is 12.5. The van der Waals surface area contributed by atoms with E-state index in [1.807, 2.05) is 25.1 Å². The third-order valence-corrected chi connectivity index (χ3v) is 2.49. The van der Waals surface area contributed by atoms with Crippen molar-refractivity contribution < 1.29 is 4.39 Å². The second kappa shape index (κ2) is 5.55. The summed E-state index contributed by atoms with van der Waals surface area (Å²) in [5, 5.41) is 3.28. The largest absolute Gasteiger partial charge is 0.307 e. The van der Waals surface area contributed by atoms with E-state index in [9.17, 15) is 4.39 Å². The second-order valence-electron chi connectivity index (χ2n) is 4.00. The third-order valence-electron chi connectivity index (χ3n) is 2.49. The molecule has 0 saturated heterocycles. The first-order chi connectivity index (χ1) is 8.24. The summed E-state index contributed by atoms with van der Waals surface area (Å²) in [5.41, 5.74) is 3.11. The van der Waals surface area contributed by atoms with E-state index in [2.05, 4.69) is 10.3 Å². The molecule has 0 fully saturated rings. The summed E-state index contributed by atoms with van der Waals surface area (Å²) < 4.78 is 12.7. The first-order valence-corrected chi connectivity index (χ1v) is 5.62. The van der Waals surface area contributed by atoms with E-state index in [0.29, 0.717) is 0 Å². The Morgan fingerprint density at radius 3 is 2.53 bits per heavy atom. The molecule has 0 aliphatic heterocycles. The van der Waals surface area contributed by atoms with E-state index in [0.717, 1.165) is 30.0 Å². The van der Waals surface area contributed by atoms with Gasteiger partial charge < -0.3 is 5.32 Å². The SMILES string of the molecule is Cc1cccc(CNCc2ccc(F)cc2)n1. The van der Waals surface area contributed by atoms with Crippen molar-refractivity contribution in [3.63, 3.8) is 0 Å². The Morgan fingerprint density at radius 2 is 1.82 bits per heavy atom. The normalized spacial score (nSPS) is 10.5. The van der Waals surface area contributed by atoms with Gasteiger partial charge in [-0.25, -0.2) is 4.39 Å². The van der Waals surface area contributed by atoms with Gasteiger partial charge in [-0.05, 0) is 36.8 Å². The Hall–Kier alpha value is -1.74. The zero-order chi connectivity index (χ0) is 12.1. The molecular formula is C14H15FN2. The van der Waals surface area contributed by atoms with Gasteiger partial charge in [-0.2, -0.15) is 0 Å². The van der Waals surface area contributed by atoms with Crippen LogP contribution in [0.1, 0.15) is 17.0 Å². The third kappa shape index (κ3) is 3.64. The maximum absolute atomic E-state index is 12.7. The lowest BCUT2D eigenvalue weighted by atomic mass is 10.2. The van der Waals surface area contributed by atoms with Crippen LogP contribution >= 0.6 is 0 Å². The average Bonchev–Trinajstić information content (AvgIpc) is 2.32. The Balaban J connectivity index is 1.85. The fourth-order valence-corrected chi connectivity index (χ4v) is 1.64. The van der Waals surface area contributed by atoms with Crippen molar-refractivity contribution >= 4 is 0 Å². The monoisotopic (exact) mass is 230 g/mol. The lowest BCUT2D eigenvalue weighted by molar-refractivity contribution is 0.624. The Kier molecular flexibility index (Phi) is 3.83. The van der Waals surface area contributed by atoms with Gasteiger partial charge in [-0.1, -0.05) is 18.2 Å². The van der Waals surface area contributed by atoms with E-state index in [4.69, 9.17) is 0 Å². The van der Waals surface area contributed by atoms with Gasteiger partial charge in [0.05, 0.1) is 5.69 Å². The predicted octanol–water partition coefficient (Wildman–Crippen LogP) is 2.82. The summed E-state index contributed by atoms with van der Waals surface area (Å²) in [5.74, 6) is -0.200. The van der Waals surface area contributed by atoms with Gasteiger partial charge in [0, 0.05) is 18.8 Å². The molecule has 88 valence electrons. The highest BCUT2D eigenvalue weighted by Gasteiger charge is 1.96. The fraction of sp³-hybridized carbons (Fsp3) is 0.214. The minimum absolute atomic E-state index is 0.200. The van der Waals surface area contributed by atoms with Crippen molar-refractivity contribution in [3.8, 4) is 0 Å². The number of rotatable bonds is 4. The second-order valence-corrected chi connectivity index (χ2v) is 4.00. The van der Waals surface area contributed by atoms with Crippen LogP contribution in [0.5, 0.6) is 0 Å². The Morgan fingerprint density at radius 1 is 1.06 bits per heavy atom. The number of hydrogen-bond acceptors (Lipinski definition) is 2. The van der Waals surface area contributed by atoms with Crippen molar-refractivity contribution in [2.24, 2.45) is 0 Å². The number of hydrogen-bond donors (Lipinski definition) is 1. The number of nitrogens with zero attached hydrogens (tertiary/aromatic N) is 1. The minimum atomic E-state index is -0.200. The standard InChI is InChI=1S/C14H15FN2/c1-11-3-2-4-14(17-11)10-16-9-12-5-7-13(15)8-6-12/h2-8,16H,9-10H2,1H3. The zero-order valence-electron chi connectivity index (χ0n) is 9.78. The van der Waals surface area contributed by atoms with Gasteiger partial charge in [-0.3, -0.25) is 4.98 Å². The van der Waals surface area contributed by atoms with Crippen LogP contribution in [-0.4, -0.2) is 4.98 Å². The van der Waals surface area contributed by atoms with E-state index in [-0.39, 0.29) is 5.82 Å². The van der Waals surface area contributed by atoms with Gasteiger partial charge in [-0.15, -0.1) is 0 Å². The topological polar surface area (TPSA) is 24.9 Å². The van der Waals surface area contributed by atoms with Crippen LogP contribution in [0.3, 0.4) is 0 Å². The van der Waals surface area contributed by atoms with Crippen molar-refractivity contribution in [3.05, 3.63) is 65.2 Å². The lowest BCUT2D eigenvalue weighted by Gasteiger charge is -2.05. The zero-order valence-corrected chi connectivity index (χ0v) is 9.78. The Bertz CT molecular complexity index is 480. The van der Waals surface area contributed by atoms with Crippen molar-refractivity contribution in [2.75, 3.05) is 0 Å². The summed E-state index contributed by atoms with van der Waals surface area (Å²) in [6.45, 7) is 3.42. The number of aryl methyl sites for hydroxylation is 1. The number of nitrogens with one attached hydrogen (secondary N) is 1.